The second-order valence-corrected chi connectivity index (χ2v) is 4.98. The van der Waals surface area contributed by atoms with E-state index in [1.54, 1.807) is 0 Å². The Hall–Kier alpha value is -1.97. The second-order valence-electron chi connectivity index (χ2n) is 4.98. The summed E-state index contributed by atoms with van der Waals surface area (Å²) >= 11 is 0. The van der Waals surface area contributed by atoms with Crippen LogP contribution in [0.15, 0.2) is 0 Å². The Kier molecular flexibility index (Phi) is 3.27. The standard InChI is InChI=1S/C15H19N3O/c1-7-8(2)10(4)14(19)13(9(7)3)15-17-11(5)16-12(6)18-15/h19H,1-6H3. The number of aromatic nitrogens is 3. The maximum atomic E-state index is 10.4. The van der Waals surface area contributed by atoms with Crippen LogP contribution in [0.5, 0.6) is 5.75 Å². The molecule has 0 amide bonds. The highest BCUT2D eigenvalue weighted by Gasteiger charge is 2.18. The smallest absolute Gasteiger partial charge is 0.167 e. The predicted octanol–water partition coefficient (Wildman–Crippen LogP) is 3.09. The molecule has 0 fully saturated rings. The van der Waals surface area contributed by atoms with Crippen LogP contribution < -0.4 is 0 Å². The van der Waals surface area contributed by atoms with Crippen LogP contribution in [0.4, 0.5) is 0 Å². The van der Waals surface area contributed by atoms with Crippen molar-refractivity contribution in [2.45, 2.75) is 41.5 Å². The highest BCUT2D eigenvalue weighted by atomic mass is 16.3. The van der Waals surface area contributed by atoms with Gasteiger partial charge in [-0.05, 0) is 63.8 Å². The second kappa shape index (κ2) is 4.61. The Morgan fingerprint density at radius 2 is 1.11 bits per heavy atom. The average Bonchev–Trinajstić information content (AvgIpc) is 2.33. The lowest BCUT2D eigenvalue weighted by molar-refractivity contribution is 0.471. The quantitative estimate of drug-likeness (QED) is 0.852. The summed E-state index contributed by atoms with van der Waals surface area (Å²) in [5.74, 6) is 2.14. The van der Waals surface area contributed by atoms with Crippen molar-refractivity contribution >= 4 is 0 Å². The third-order valence-corrected chi connectivity index (χ3v) is 3.74. The van der Waals surface area contributed by atoms with Crippen LogP contribution in [0.2, 0.25) is 0 Å². The Bertz CT molecular complexity index is 614. The van der Waals surface area contributed by atoms with Crippen molar-refractivity contribution in [1.82, 2.24) is 15.0 Å². The summed E-state index contributed by atoms with van der Waals surface area (Å²) in [7, 11) is 0. The minimum Gasteiger partial charge on any atom is -0.507 e. The van der Waals surface area contributed by atoms with Crippen LogP contribution in [-0.2, 0) is 0 Å². The summed E-state index contributed by atoms with van der Waals surface area (Å²) in [4.78, 5) is 12.9. The van der Waals surface area contributed by atoms with Crippen molar-refractivity contribution in [1.29, 1.82) is 0 Å². The molecular weight excluding hydrogens is 238 g/mol. The van der Waals surface area contributed by atoms with Gasteiger partial charge in [-0.2, -0.15) is 0 Å². The molecule has 4 nitrogen and oxygen atoms in total. The third kappa shape index (κ3) is 2.18. The third-order valence-electron chi connectivity index (χ3n) is 3.74. The Balaban J connectivity index is 2.82. The van der Waals surface area contributed by atoms with Crippen LogP contribution >= 0.6 is 0 Å². The summed E-state index contributed by atoms with van der Waals surface area (Å²) in [6.07, 6.45) is 0. The fourth-order valence-electron chi connectivity index (χ4n) is 2.29. The van der Waals surface area contributed by atoms with Crippen LogP contribution in [0.25, 0.3) is 11.4 Å². The molecule has 0 saturated heterocycles. The van der Waals surface area contributed by atoms with E-state index in [1.165, 1.54) is 5.56 Å². The highest BCUT2D eigenvalue weighted by molar-refractivity contribution is 5.73. The van der Waals surface area contributed by atoms with E-state index in [-0.39, 0.29) is 5.75 Å². The van der Waals surface area contributed by atoms with Gasteiger partial charge in [-0.25, -0.2) is 15.0 Å². The SMILES string of the molecule is Cc1nc(C)nc(-c2c(C)c(C)c(C)c(C)c2O)n1. The van der Waals surface area contributed by atoms with Gasteiger partial charge in [-0.15, -0.1) is 0 Å². The van der Waals surface area contributed by atoms with Crippen LogP contribution in [0, 0.1) is 41.5 Å². The molecule has 0 atom stereocenters. The maximum Gasteiger partial charge on any atom is 0.167 e. The van der Waals surface area contributed by atoms with Crippen molar-refractivity contribution in [3.8, 4) is 17.1 Å². The van der Waals surface area contributed by atoms with Crippen LogP contribution in [0.3, 0.4) is 0 Å². The predicted molar refractivity (Wildman–Crippen MR) is 75.3 cm³/mol. The first kappa shape index (κ1) is 13.5. The van der Waals surface area contributed by atoms with E-state index in [9.17, 15) is 5.11 Å². The van der Waals surface area contributed by atoms with Crippen molar-refractivity contribution < 1.29 is 5.11 Å². The molecule has 0 spiro atoms. The van der Waals surface area contributed by atoms with E-state index in [1.807, 2.05) is 34.6 Å². The van der Waals surface area contributed by atoms with Crippen molar-refractivity contribution in [2.24, 2.45) is 0 Å². The Labute approximate surface area is 113 Å². The van der Waals surface area contributed by atoms with Crippen molar-refractivity contribution in [3.63, 3.8) is 0 Å². The molecule has 0 unspecified atom stereocenters. The summed E-state index contributed by atoms with van der Waals surface area (Å²) in [6.45, 7) is 11.6. The van der Waals surface area contributed by atoms with E-state index < -0.39 is 0 Å². The number of phenols is 1. The van der Waals surface area contributed by atoms with Gasteiger partial charge in [-0.1, -0.05) is 0 Å². The number of phenolic OH excluding ortho intramolecular Hbond substituents is 1. The van der Waals surface area contributed by atoms with Gasteiger partial charge in [0, 0.05) is 0 Å². The molecule has 0 radical (unpaired) electrons. The van der Waals surface area contributed by atoms with Crippen LogP contribution in [-0.4, -0.2) is 20.1 Å². The molecule has 2 rings (SSSR count). The number of nitrogens with zero attached hydrogens (tertiary/aromatic N) is 3. The molecule has 19 heavy (non-hydrogen) atoms. The van der Waals surface area contributed by atoms with E-state index in [0.717, 1.165) is 16.7 Å². The van der Waals surface area contributed by atoms with Gasteiger partial charge in [0.25, 0.3) is 0 Å². The largest absolute Gasteiger partial charge is 0.507 e. The Morgan fingerprint density at radius 1 is 0.632 bits per heavy atom. The molecule has 100 valence electrons. The number of aryl methyl sites for hydroxylation is 2. The lowest BCUT2D eigenvalue weighted by Gasteiger charge is -2.16. The van der Waals surface area contributed by atoms with Gasteiger partial charge in [0.1, 0.15) is 17.4 Å². The normalized spacial score (nSPS) is 10.8. The maximum absolute atomic E-state index is 10.4. The summed E-state index contributed by atoms with van der Waals surface area (Å²) in [5, 5.41) is 10.4. The summed E-state index contributed by atoms with van der Waals surface area (Å²) in [5.41, 5.74) is 4.90. The first-order valence-corrected chi connectivity index (χ1v) is 6.32. The summed E-state index contributed by atoms with van der Waals surface area (Å²) < 4.78 is 0. The minimum atomic E-state index is 0.269. The summed E-state index contributed by atoms with van der Waals surface area (Å²) in [6, 6.07) is 0. The number of rotatable bonds is 1. The fourth-order valence-corrected chi connectivity index (χ4v) is 2.29. The van der Waals surface area contributed by atoms with Gasteiger partial charge in [0.2, 0.25) is 0 Å². The zero-order chi connectivity index (χ0) is 14.3. The lowest BCUT2D eigenvalue weighted by Crippen LogP contribution is -2.03. The molecule has 0 aliphatic carbocycles. The number of hydrogen-bond donors (Lipinski definition) is 1. The molecule has 0 saturated carbocycles. The molecular formula is C15H19N3O. The lowest BCUT2D eigenvalue weighted by atomic mass is 9.93. The first-order valence-electron chi connectivity index (χ1n) is 6.32. The van der Waals surface area contributed by atoms with Gasteiger partial charge < -0.3 is 5.11 Å². The number of hydrogen-bond acceptors (Lipinski definition) is 4. The van der Waals surface area contributed by atoms with Crippen molar-refractivity contribution in [3.05, 3.63) is 33.9 Å². The minimum absolute atomic E-state index is 0.269. The van der Waals surface area contributed by atoms with E-state index in [2.05, 4.69) is 21.9 Å². The van der Waals surface area contributed by atoms with Gasteiger partial charge in [0.15, 0.2) is 5.82 Å². The van der Waals surface area contributed by atoms with E-state index in [4.69, 9.17) is 0 Å². The van der Waals surface area contributed by atoms with Gasteiger partial charge in [0.05, 0.1) is 5.56 Å². The zero-order valence-electron chi connectivity index (χ0n) is 12.3. The number of aromatic hydroxyl groups is 1. The zero-order valence-corrected chi connectivity index (χ0v) is 12.3. The Morgan fingerprint density at radius 3 is 1.63 bits per heavy atom. The molecule has 1 heterocycles. The topological polar surface area (TPSA) is 58.9 Å². The molecule has 1 N–H and O–H groups in total. The fraction of sp³-hybridized carbons (Fsp3) is 0.400. The van der Waals surface area contributed by atoms with E-state index >= 15 is 0 Å². The monoisotopic (exact) mass is 257 g/mol. The van der Waals surface area contributed by atoms with Gasteiger partial charge >= 0.3 is 0 Å². The molecule has 0 aliphatic heterocycles. The van der Waals surface area contributed by atoms with Gasteiger partial charge in [-0.3, -0.25) is 0 Å². The molecule has 4 heteroatoms. The van der Waals surface area contributed by atoms with E-state index in [0.29, 0.717) is 23.0 Å². The van der Waals surface area contributed by atoms with Crippen molar-refractivity contribution in [2.75, 3.05) is 0 Å². The number of benzene rings is 1. The average molecular weight is 257 g/mol. The molecule has 0 bridgehead atoms. The highest BCUT2D eigenvalue weighted by Crippen LogP contribution is 2.37. The molecule has 0 aliphatic rings. The molecule has 2 aromatic rings. The first-order chi connectivity index (χ1) is 8.82. The van der Waals surface area contributed by atoms with Crippen LogP contribution in [0.1, 0.15) is 33.9 Å². The molecule has 1 aromatic heterocycles. The molecule has 1 aromatic carbocycles.